The van der Waals surface area contributed by atoms with E-state index >= 15 is 0 Å². The maximum Gasteiger partial charge on any atom is 0.225 e. The molecule has 4 fully saturated rings. The molecule has 4 aliphatic heterocycles. The van der Waals surface area contributed by atoms with Crippen LogP contribution in [0.25, 0.3) is 0 Å². The fourth-order valence-electron chi connectivity index (χ4n) is 7.09. The second-order valence-electron chi connectivity index (χ2n) is 14.4. The fraction of sp³-hybridized carbons (Fsp3) is 0.636. The highest BCUT2D eigenvalue weighted by Gasteiger charge is 2.28. The first kappa shape index (κ1) is 46.4. The highest BCUT2D eigenvalue weighted by molar-refractivity contribution is 5.81. The molecule has 0 bridgehead atoms. The number of hydrogen-bond acceptors (Lipinski definition) is 9. The Morgan fingerprint density at radius 2 is 1.56 bits per heavy atom. The number of nitrogens with one attached hydrogen (secondary N) is 1. The van der Waals surface area contributed by atoms with Crippen molar-refractivity contribution >= 4 is 17.6 Å². The topological polar surface area (TPSA) is 114 Å². The van der Waals surface area contributed by atoms with Gasteiger partial charge in [0.25, 0.3) is 0 Å². The molecule has 5 heterocycles. The van der Waals surface area contributed by atoms with Gasteiger partial charge in [-0.2, -0.15) is 0 Å². The number of nitrogens with zero attached hydrogens (tertiary/aromatic N) is 7. The molecule has 1 aromatic heterocycles. The van der Waals surface area contributed by atoms with E-state index in [4.69, 9.17) is 21.8 Å². The number of hydrogen-bond donors (Lipinski definition) is 2. The van der Waals surface area contributed by atoms with Gasteiger partial charge in [-0.05, 0) is 121 Å². The first-order valence-electron chi connectivity index (χ1n) is 20.3. The van der Waals surface area contributed by atoms with Gasteiger partial charge in [0.15, 0.2) is 0 Å². The zero-order chi connectivity index (χ0) is 39.6. The van der Waals surface area contributed by atoms with Gasteiger partial charge in [0.2, 0.25) is 11.8 Å². The molecule has 0 amide bonds. The van der Waals surface area contributed by atoms with Gasteiger partial charge in [0.1, 0.15) is 6.10 Å². The Morgan fingerprint density at radius 1 is 0.981 bits per heavy atom. The van der Waals surface area contributed by atoms with Crippen LogP contribution in [0.15, 0.2) is 73.1 Å². The summed E-state index contributed by atoms with van der Waals surface area (Å²) in [5.41, 5.74) is 7.29. The van der Waals surface area contributed by atoms with Gasteiger partial charge in [-0.1, -0.05) is 39.3 Å². The molecule has 10 heteroatoms. The summed E-state index contributed by atoms with van der Waals surface area (Å²) in [4.78, 5) is 17.6. The number of likely N-dealkylation sites (tertiary alicyclic amines) is 3. The van der Waals surface area contributed by atoms with Gasteiger partial charge < -0.3 is 30.0 Å². The van der Waals surface area contributed by atoms with Crippen molar-refractivity contribution in [3.63, 3.8) is 0 Å². The maximum absolute atomic E-state index is 10.5. The van der Waals surface area contributed by atoms with Crippen LogP contribution in [-0.2, 0) is 4.74 Å². The van der Waals surface area contributed by atoms with Crippen molar-refractivity contribution in [1.29, 1.82) is 5.41 Å². The predicted molar refractivity (Wildman–Crippen MR) is 225 cm³/mol. The minimum absolute atomic E-state index is 0.00399. The highest BCUT2D eigenvalue weighted by Crippen LogP contribution is 2.26. The Bertz CT molecular complexity index is 1330. The fourth-order valence-corrected chi connectivity index (χ4v) is 7.09. The summed E-state index contributed by atoms with van der Waals surface area (Å²) in [6.45, 7) is 28.0. The third kappa shape index (κ3) is 17.6. The third-order valence-electron chi connectivity index (χ3n) is 10.4. The monoisotopic (exact) mass is 743 g/mol. The number of piperidine rings is 4. The lowest BCUT2D eigenvalue weighted by Gasteiger charge is -2.34. The second kappa shape index (κ2) is 27.7. The molecule has 0 aliphatic carbocycles. The highest BCUT2D eigenvalue weighted by atomic mass is 16.5. The number of allylic oxidation sites excluding steroid dienone is 3. The molecular weight excluding hydrogens is 673 g/mol. The van der Waals surface area contributed by atoms with Gasteiger partial charge in [0.05, 0.1) is 6.61 Å². The quantitative estimate of drug-likeness (QED) is 0.104. The maximum atomic E-state index is 10.5. The predicted octanol–water partition coefficient (Wildman–Crippen LogP) is 6.79. The van der Waals surface area contributed by atoms with Gasteiger partial charge >= 0.3 is 0 Å². The van der Waals surface area contributed by atoms with E-state index in [9.17, 15) is 5.41 Å². The summed E-state index contributed by atoms with van der Waals surface area (Å²) < 4.78 is 5.87. The molecule has 3 unspecified atom stereocenters. The van der Waals surface area contributed by atoms with E-state index < -0.39 is 0 Å². The van der Waals surface area contributed by atoms with Crippen LogP contribution in [0.5, 0.6) is 0 Å². The van der Waals surface area contributed by atoms with Crippen molar-refractivity contribution in [2.45, 2.75) is 91.1 Å². The standard InChI is InChI=1S/C21H29N3O.C11H16N4.C10H19NO.C2H6/c1-4-6-11-19-16-18(12-15-23(19)3)21(22)25-20(10-5-2)17-24-13-8-7-9-14-24;1-9(12)10-3-7-15(8-4-10)11-13-5-2-6-14-11;1-2-10(9-12)8-11-6-4-3-5-7-11;1-2/h2,6,10-11,18,20H,1,7-9,12-17H2,3H3;2,5-6,10,12H,3-4,7-8H2,1H3;2,10,12H,1,3-9H2;1-2H3/b19-11-;;;. The van der Waals surface area contributed by atoms with Crippen LogP contribution >= 0.6 is 0 Å². The van der Waals surface area contributed by atoms with Gasteiger partial charge in [-0.25, -0.2) is 9.97 Å². The number of aromatic nitrogens is 2. The molecule has 4 saturated heterocycles. The number of aliphatic hydroxyl groups is 1. The lowest BCUT2D eigenvalue weighted by Crippen LogP contribution is -2.40. The van der Waals surface area contributed by atoms with E-state index in [-0.39, 0.29) is 30.4 Å². The lowest BCUT2D eigenvalue weighted by molar-refractivity contribution is 0.129. The van der Waals surface area contributed by atoms with Crippen LogP contribution in [0.3, 0.4) is 0 Å². The van der Waals surface area contributed by atoms with Gasteiger partial charge in [0, 0.05) is 75.4 Å². The van der Waals surface area contributed by atoms with Crippen LogP contribution < -0.4 is 10.3 Å². The summed E-state index contributed by atoms with van der Waals surface area (Å²) in [7, 11) is 2.06. The SMILES string of the molecule is C=CC(CO)CN1CCCCC1.CC.CC(=N)C1CCN(c2ncccn2)CC1.[CH]=C=CC(CN1CCCCC1)OC(=[N])C1CCN(C)/C(=C\C=C=C)C1. The Morgan fingerprint density at radius 3 is 2.07 bits per heavy atom. The summed E-state index contributed by atoms with van der Waals surface area (Å²) >= 11 is 0. The number of rotatable bonds is 12. The van der Waals surface area contributed by atoms with Gasteiger partial charge in [-0.3, -0.25) is 4.90 Å². The molecule has 2 N–H and O–H groups in total. The molecule has 3 atom stereocenters. The third-order valence-corrected chi connectivity index (χ3v) is 10.4. The van der Waals surface area contributed by atoms with Crippen LogP contribution in [-0.4, -0.2) is 120 Å². The van der Waals surface area contributed by atoms with E-state index in [1.165, 1.54) is 51.6 Å². The molecule has 298 valence electrons. The Kier molecular flexibility index (Phi) is 23.8. The smallest absolute Gasteiger partial charge is 0.225 e. The normalized spacial score (nSPS) is 21.1. The molecule has 2 radical (unpaired) electrons. The first-order chi connectivity index (χ1) is 26.3. The molecule has 0 aromatic carbocycles. The van der Waals surface area contributed by atoms with Crippen molar-refractivity contribution < 1.29 is 9.84 Å². The van der Waals surface area contributed by atoms with E-state index in [0.717, 1.165) is 88.9 Å². The number of aliphatic hydroxyl groups excluding tert-OH is 1. The minimum Gasteiger partial charge on any atom is -0.470 e. The molecule has 0 saturated carbocycles. The molecule has 0 spiro atoms. The zero-order valence-corrected chi connectivity index (χ0v) is 34.0. The van der Waals surface area contributed by atoms with Gasteiger partial charge in [-0.15, -0.1) is 23.5 Å². The second-order valence-corrected chi connectivity index (χ2v) is 14.4. The van der Waals surface area contributed by atoms with Crippen LogP contribution in [0.2, 0.25) is 0 Å². The van der Waals surface area contributed by atoms with Crippen molar-refractivity contribution in [3.8, 4) is 0 Å². The van der Waals surface area contributed by atoms with Crippen LogP contribution in [0, 0.1) is 29.7 Å². The molecule has 54 heavy (non-hydrogen) atoms. The van der Waals surface area contributed by atoms with E-state index in [0.29, 0.717) is 5.92 Å². The Hall–Kier alpha value is -3.78. The summed E-state index contributed by atoms with van der Waals surface area (Å²) in [6.07, 6.45) is 22.1. The number of ether oxygens (including phenoxy) is 1. The van der Waals surface area contributed by atoms with Crippen molar-refractivity contribution in [3.05, 3.63) is 79.7 Å². The zero-order valence-electron chi connectivity index (χ0n) is 34.0. The van der Waals surface area contributed by atoms with E-state index in [1.807, 2.05) is 39.0 Å². The summed E-state index contributed by atoms with van der Waals surface area (Å²) in [6, 6.07) is 1.83. The first-order valence-corrected chi connectivity index (χ1v) is 20.3. The molecular formula is C44H70N8O2. The molecule has 5 rings (SSSR count). The van der Waals surface area contributed by atoms with Crippen molar-refractivity contribution in [2.24, 2.45) is 17.8 Å². The Labute approximate surface area is 328 Å². The van der Waals surface area contributed by atoms with Crippen LogP contribution in [0.4, 0.5) is 5.95 Å². The lowest BCUT2D eigenvalue weighted by atomic mass is 9.93. The van der Waals surface area contributed by atoms with Crippen molar-refractivity contribution in [2.75, 3.05) is 77.5 Å². The molecule has 10 nitrogen and oxygen atoms in total. The summed E-state index contributed by atoms with van der Waals surface area (Å²) in [5.74, 6) is 1.65. The minimum atomic E-state index is -0.261. The number of anilines is 1. The van der Waals surface area contributed by atoms with E-state index in [2.05, 4.69) is 61.2 Å². The largest absolute Gasteiger partial charge is 0.470 e. The van der Waals surface area contributed by atoms with E-state index in [1.54, 1.807) is 24.5 Å². The van der Waals surface area contributed by atoms with Crippen molar-refractivity contribution in [1.82, 2.24) is 30.1 Å². The Balaban J connectivity index is 0.000000295. The summed E-state index contributed by atoms with van der Waals surface area (Å²) in [5, 5.41) is 27.1. The average molecular weight is 743 g/mol. The van der Waals surface area contributed by atoms with Crippen LogP contribution in [0.1, 0.15) is 85.0 Å². The molecule has 1 aromatic rings. The average Bonchev–Trinajstić information content (AvgIpc) is 3.22. The molecule has 4 aliphatic rings.